The van der Waals surface area contributed by atoms with Crippen LogP contribution in [-0.4, -0.2) is 62.9 Å². The lowest BCUT2D eigenvalue weighted by atomic mass is 10.0. The van der Waals surface area contributed by atoms with Gasteiger partial charge >= 0.3 is 0 Å². The first kappa shape index (κ1) is 24.9. The SMILES string of the molecule is Cc1ccc(S(=O)(=O)N2CCC(C)CC2)cc1C(=O)NCc1ccc(CN2CCOCC2)cc1. The predicted octanol–water partition coefficient (Wildman–Crippen LogP) is 3.18. The Morgan fingerprint density at radius 2 is 1.65 bits per heavy atom. The van der Waals surface area contributed by atoms with Crippen molar-refractivity contribution < 1.29 is 17.9 Å². The van der Waals surface area contributed by atoms with E-state index in [1.807, 2.05) is 19.1 Å². The highest BCUT2D eigenvalue weighted by Gasteiger charge is 2.29. The van der Waals surface area contributed by atoms with Crippen molar-refractivity contribution in [2.45, 2.75) is 44.7 Å². The molecule has 2 aromatic rings. The van der Waals surface area contributed by atoms with Crippen molar-refractivity contribution in [1.82, 2.24) is 14.5 Å². The summed E-state index contributed by atoms with van der Waals surface area (Å²) in [5.74, 6) is 0.276. The molecule has 0 atom stereocenters. The second kappa shape index (κ2) is 11.0. The number of carbonyl (C=O) groups is 1. The van der Waals surface area contributed by atoms with E-state index in [0.29, 0.717) is 31.1 Å². The third kappa shape index (κ3) is 6.05. The van der Waals surface area contributed by atoms with E-state index in [4.69, 9.17) is 4.74 Å². The minimum atomic E-state index is -3.60. The molecule has 7 nitrogen and oxygen atoms in total. The van der Waals surface area contributed by atoms with Gasteiger partial charge in [0.25, 0.3) is 5.91 Å². The number of aryl methyl sites for hydroxylation is 1. The number of hydrogen-bond donors (Lipinski definition) is 1. The molecule has 0 radical (unpaired) electrons. The number of nitrogens with zero attached hydrogens (tertiary/aromatic N) is 2. The highest BCUT2D eigenvalue weighted by molar-refractivity contribution is 7.89. The van der Waals surface area contributed by atoms with Crippen molar-refractivity contribution in [1.29, 1.82) is 0 Å². The van der Waals surface area contributed by atoms with Crippen molar-refractivity contribution in [3.63, 3.8) is 0 Å². The number of benzene rings is 2. The largest absolute Gasteiger partial charge is 0.379 e. The number of nitrogens with one attached hydrogen (secondary N) is 1. The number of sulfonamides is 1. The fraction of sp³-hybridized carbons (Fsp3) is 0.500. The molecule has 0 saturated carbocycles. The van der Waals surface area contributed by atoms with Crippen LogP contribution in [0.4, 0.5) is 0 Å². The van der Waals surface area contributed by atoms with Crippen molar-refractivity contribution >= 4 is 15.9 Å². The van der Waals surface area contributed by atoms with Gasteiger partial charge in [0.2, 0.25) is 10.0 Å². The lowest BCUT2D eigenvalue weighted by Crippen LogP contribution is -2.38. The van der Waals surface area contributed by atoms with E-state index in [2.05, 4.69) is 29.3 Å². The highest BCUT2D eigenvalue weighted by atomic mass is 32.2. The van der Waals surface area contributed by atoms with E-state index < -0.39 is 10.0 Å². The maximum absolute atomic E-state index is 13.1. The molecule has 4 rings (SSSR count). The summed E-state index contributed by atoms with van der Waals surface area (Å²) >= 11 is 0. The molecule has 0 bridgehead atoms. The highest BCUT2D eigenvalue weighted by Crippen LogP contribution is 2.25. The molecule has 2 heterocycles. The van der Waals surface area contributed by atoms with Gasteiger partial charge in [-0.3, -0.25) is 9.69 Å². The zero-order chi connectivity index (χ0) is 24.1. The monoisotopic (exact) mass is 485 g/mol. The van der Waals surface area contributed by atoms with Crippen LogP contribution in [0, 0.1) is 12.8 Å². The number of piperidine rings is 1. The van der Waals surface area contributed by atoms with Crippen LogP contribution in [0.25, 0.3) is 0 Å². The Kier molecular flexibility index (Phi) is 8.03. The summed E-state index contributed by atoms with van der Waals surface area (Å²) in [4.78, 5) is 15.5. The first-order chi connectivity index (χ1) is 16.3. The molecule has 34 heavy (non-hydrogen) atoms. The Morgan fingerprint density at radius 3 is 2.32 bits per heavy atom. The molecule has 0 spiro atoms. The zero-order valence-corrected chi connectivity index (χ0v) is 20.9. The van der Waals surface area contributed by atoms with Crippen LogP contribution in [0.15, 0.2) is 47.4 Å². The quantitative estimate of drug-likeness (QED) is 0.652. The molecule has 0 unspecified atom stereocenters. The Hall–Kier alpha value is -2.26. The average molecular weight is 486 g/mol. The number of carbonyl (C=O) groups excluding carboxylic acids is 1. The molecular formula is C26H35N3O4S. The van der Waals surface area contributed by atoms with Gasteiger partial charge in [-0.05, 0) is 54.5 Å². The maximum Gasteiger partial charge on any atom is 0.251 e. The van der Waals surface area contributed by atoms with E-state index in [-0.39, 0.29) is 10.8 Å². The van der Waals surface area contributed by atoms with Gasteiger partial charge in [-0.15, -0.1) is 0 Å². The van der Waals surface area contributed by atoms with Gasteiger partial charge < -0.3 is 10.1 Å². The summed E-state index contributed by atoms with van der Waals surface area (Å²) in [7, 11) is -3.60. The van der Waals surface area contributed by atoms with Crippen LogP contribution in [-0.2, 0) is 27.8 Å². The maximum atomic E-state index is 13.1. The normalized spacial score (nSPS) is 18.6. The number of ether oxygens (including phenoxy) is 1. The van der Waals surface area contributed by atoms with E-state index in [0.717, 1.165) is 56.8 Å². The van der Waals surface area contributed by atoms with Crippen LogP contribution >= 0.6 is 0 Å². The predicted molar refractivity (Wildman–Crippen MR) is 132 cm³/mol. The second-order valence-electron chi connectivity index (χ2n) is 9.45. The second-order valence-corrected chi connectivity index (χ2v) is 11.4. The number of rotatable bonds is 7. The molecule has 2 fully saturated rings. The van der Waals surface area contributed by atoms with Gasteiger partial charge in [0.05, 0.1) is 18.1 Å². The van der Waals surface area contributed by atoms with E-state index in [1.54, 1.807) is 12.1 Å². The lowest BCUT2D eigenvalue weighted by Gasteiger charge is -2.29. The fourth-order valence-corrected chi connectivity index (χ4v) is 5.93. The Labute approximate surface area is 203 Å². The van der Waals surface area contributed by atoms with Crippen LogP contribution in [0.3, 0.4) is 0 Å². The third-order valence-electron chi connectivity index (χ3n) is 6.82. The summed E-state index contributed by atoms with van der Waals surface area (Å²) in [5.41, 5.74) is 3.39. The van der Waals surface area contributed by atoms with E-state index in [9.17, 15) is 13.2 Å². The van der Waals surface area contributed by atoms with Crippen molar-refractivity contribution in [3.05, 3.63) is 64.7 Å². The summed E-state index contributed by atoms with van der Waals surface area (Å²) in [6.45, 7) is 9.77. The topological polar surface area (TPSA) is 79.0 Å². The zero-order valence-electron chi connectivity index (χ0n) is 20.1. The lowest BCUT2D eigenvalue weighted by molar-refractivity contribution is 0.0342. The summed E-state index contributed by atoms with van der Waals surface area (Å²) in [6, 6.07) is 13.1. The van der Waals surface area contributed by atoms with E-state index in [1.165, 1.54) is 15.9 Å². The molecule has 1 amide bonds. The molecule has 2 saturated heterocycles. The van der Waals surface area contributed by atoms with Crippen molar-refractivity contribution in [2.24, 2.45) is 5.92 Å². The molecule has 2 aliphatic heterocycles. The molecule has 184 valence electrons. The number of morpholine rings is 1. The van der Waals surface area contributed by atoms with Gasteiger partial charge in [-0.1, -0.05) is 37.3 Å². The summed E-state index contributed by atoms with van der Waals surface area (Å²) in [5, 5.41) is 2.95. The molecule has 0 aliphatic carbocycles. The molecule has 8 heteroatoms. The minimum absolute atomic E-state index is 0.185. The Bertz CT molecular complexity index is 1090. The van der Waals surface area contributed by atoms with Crippen LogP contribution in [0.1, 0.15) is 46.8 Å². The van der Waals surface area contributed by atoms with Crippen LogP contribution < -0.4 is 5.32 Å². The smallest absolute Gasteiger partial charge is 0.251 e. The molecule has 2 aromatic carbocycles. The molecule has 2 aliphatic rings. The van der Waals surface area contributed by atoms with Gasteiger partial charge in [0, 0.05) is 44.8 Å². The van der Waals surface area contributed by atoms with Crippen molar-refractivity contribution in [2.75, 3.05) is 39.4 Å². The molecular weight excluding hydrogens is 450 g/mol. The fourth-order valence-electron chi connectivity index (χ4n) is 4.44. The number of amides is 1. The first-order valence-corrected chi connectivity index (χ1v) is 13.5. The van der Waals surface area contributed by atoms with Crippen molar-refractivity contribution in [3.8, 4) is 0 Å². The van der Waals surface area contributed by atoms with Crippen LogP contribution in [0.2, 0.25) is 0 Å². The van der Waals surface area contributed by atoms with E-state index >= 15 is 0 Å². The van der Waals surface area contributed by atoms with Gasteiger partial charge in [0.15, 0.2) is 0 Å². The first-order valence-electron chi connectivity index (χ1n) is 12.1. The van der Waals surface area contributed by atoms with Crippen LogP contribution in [0.5, 0.6) is 0 Å². The minimum Gasteiger partial charge on any atom is -0.379 e. The Balaban J connectivity index is 1.38. The average Bonchev–Trinajstić information content (AvgIpc) is 2.84. The standard InChI is InChI=1S/C26H35N3O4S/c1-20-9-11-29(12-10-20)34(31,32)24-8-3-21(2)25(17-24)26(30)27-18-22-4-6-23(7-5-22)19-28-13-15-33-16-14-28/h3-8,17,20H,9-16,18-19H2,1-2H3,(H,27,30). The third-order valence-corrected chi connectivity index (χ3v) is 8.71. The molecule has 0 aromatic heterocycles. The van der Waals surface area contributed by atoms with Gasteiger partial charge in [-0.2, -0.15) is 4.31 Å². The summed E-state index contributed by atoms with van der Waals surface area (Å²) < 4.78 is 33.2. The Morgan fingerprint density at radius 1 is 1.00 bits per heavy atom. The summed E-state index contributed by atoms with van der Waals surface area (Å²) in [6.07, 6.45) is 1.73. The number of hydrogen-bond acceptors (Lipinski definition) is 5. The van der Waals surface area contributed by atoms with Gasteiger partial charge in [-0.25, -0.2) is 8.42 Å². The van der Waals surface area contributed by atoms with Gasteiger partial charge in [0.1, 0.15) is 0 Å². The molecule has 1 N–H and O–H groups in total.